The maximum absolute atomic E-state index is 12.5. The average Bonchev–Trinajstić information content (AvgIpc) is 2.31. The number of amides is 2. The third-order valence-electron chi connectivity index (χ3n) is 3.19. The van der Waals surface area contributed by atoms with Gasteiger partial charge in [0, 0.05) is 5.69 Å². The Hall–Kier alpha value is -1.91. The van der Waals surface area contributed by atoms with Crippen LogP contribution in [0.3, 0.4) is 0 Å². The average molecular weight is 261 g/mol. The molecule has 0 saturated carbocycles. The number of rotatable bonds is 1. The van der Waals surface area contributed by atoms with E-state index in [1.807, 2.05) is 39.8 Å². The van der Waals surface area contributed by atoms with Gasteiger partial charge in [-0.05, 0) is 24.5 Å². The summed E-state index contributed by atoms with van der Waals surface area (Å²) in [6.45, 7) is 7.74. The van der Waals surface area contributed by atoms with E-state index in [1.165, 1.54) is 4.90 Å². The Morgan fingerprint density at radius 1 is 1.32 bits per heavy atom. The van der Waals surface area contributed by atoms with Crippen LogP contribution in [0.15, 0.2) is 18.3 Å². The van der Waals surface area contributed by atoms with Crippen molar-refractivity contribution in [1.29, 1.82) is 0 Å². The van der Waals surface area contributed by atoms with Crippen molar-refractivity contribution in [2.24, 2.45) is 5.41 Å². The van der Waals surface area contributed by atoms with E-state index in [9.17, 15) is 9.59 Å². The van der Waals surface area contributed by atoms with Gasteiger partial charge in [0.25, 0.3) is 5.91 Å². The van der Waals surface area contributed by atoms with E-state index in [4.69, 9.17) is 0 Å². The van der Waals surface area contributed by atoms with Crippen LogP contribution in [-0.4, -0.2) is 29.4 Å². The fraction of sp³-hybridized carbons (Fsp3) is 0.500. The van der Waals surface area contributed by atoms with Crippen molar-refractivity contribution in [3.05, 3.63) is 24.0 Å². The standard InChI is InChI=1S/C14H19N3O2/c1-9-5-6-10(7-15-9)17-8-11(18)16-12(13(17)19)14(2,3)4/h5-7,12H,8H2,1-4H3,(H,16,18). The second kappa shape index (κ2) is 4.64. The summed E-state index contributed by atoms with van der Waals surface area (Å²) < 4.78 is 0. The van der Waals surface area contributed by atoms with E-state index < -0.39 is 6.04 Å². The number of pyridine rings is 1. The largest absolute Gasteiger partial charge is 0.342 e. The van der Waals surface area contributed by atoms with Gasteiger partial charge in [-0.1, -0.05) is 20.8 Å². The third-order valence-corrected chi connectivity index (χ3v) is 3.19. The molecular formula is C14H19N3O2. The van der Waals surface area contributed by atoms with E-state index in [1.54, 1.807) is 6.20 Å². The monoisotopic (exact) mass is 261 g/mol. The summed E-state index contributed by atoms with van der Waals surface area (Å²) in [6.07, 6.45) is 1.63. The second-order valence-electron chi connectivity index (χ2n) is 5.95. The van der Waals surface area contributed by atoms with Gasteiger partial charge in [-0.2, -0.15) is 0 Å². The maximum Gasteiger partial charge on any atom is 0.250 e. The Morgan fingerprint density at radius 3 is 2.53 bits per heavy atom. The van der Waals surface area contributed by atoms with Gasteiger partial charge < -0.3 is 5.32 Å². The molecule has 0 aliphatic carbocycles. The molecule has 0 aromatic carbocycles. The van der Waals surface area contributed by atoms with Crippen molar-refractivity contribution < 1.29 is 9.59 Å². The second-order valence-corrected chi connectivity index (χ2v) is 5.95. The Labute approximate surface area is 113 Å². The zero-order valence-corrected chi connectivity index (χ0v) is 11.7. The number of aryl methyl sites for hydroxylation is 1. The maximum atomic E-state index is 12.5. The number of hydrogen-bond acceptors (Lipinski definition) is 3. The summed E-state index contributed by atoms with van der Waals surface area (Å²) in [7, 11) is 0. The van der Waals surface area contributed by atoms with Gasteiger partial charge in [0.2, 0.25) is 5.91 Å². The predicted octanol–water partition coefficient (Wildman–Crippen LogP) is 1.27. The normalized spacial score (nSPS) is 20.4. The number of carbonyl (C=O) groups is 2. The summed E-state index contributed by atoms with van der Waals surface area (Å²) in [5.74, 6) is -0.224. The summed E-state index contributed by atoms with van der Waals surface area (Å²) >= 11 is 0. The van der Waals surface area contributed by atoms with Crippen LogP contribution < -0.4 is 10.2 Å². The quantitative estimate of drug-likeness (QED) is 0.828. The zero-order valence-electron chi connectivity index (χ0n) is 11.7. The van der Waals surface area contributed by atoms with Gasteiger partial charge in [0.05, 0.1) is 11.9 Å². The lowest BCUT2D eigenvalue weighted by atomic mass is 9.84. The van der Waals surface area contributed by atoms with Gasteiger partial charge in [-0.3, -0.25) is 19.5 Å². The lowest BCUT2D eigenvalue weighted by Gasteiger charge is -2.38. The predicted molar refractivity (Wildman–Crippen MR) is 72.7 cm³/mol. The molecule has 19 heavy (non-hydrogen) atoms. The van der Waals surface area contributed by atoms with E-state index >= 15 is 0 Å². The lowest BCUT2D eigenvalue weighted by Crippen LogP contribution is -2.62. The van der Waals surface area contributed by atoms with Crippen molar-refractivity contribution in [3.63, 3.8) is 0 Å². The Bertz CT molecular complexity index is 502. The topological polar surface area (TPSA) is 62.3 Å². The molecule has 5 nitrogen and oxygen atoms in total. The fourth-order valence-electron chi connectivity index (χ4n) is 2.07. The summed E-state index contributed by atoms with van der Waals surface area (Å²) in [6, 6.07) is 3.15. The highest BCUT2D eigenvalue weighted by molar-refractivity contribution is 6.06. The Morgan fingerprint density at radius 2 is 2.00 bits per heavy atom. The van der Waals surface area contributed by atoms with Crippen LogP contribution in [0.2, 0.25) is 0 Å². The first kappa shape index (κ1) is 13.5. The summed E-state index contributed by atoms with van der Waals surface area (Å²) in [5.41, 5.74) is 1.23. The molecule has 1 aromatic rings. The minimum absolute atomic E-state index is 0.0517. The molecule has 1 fully saturated rings. The van der Waals surface area contributed by atoms with E-state index in [0.29, 0.717) is 5.69 Å². The van der Waals surface area contributed by atoms with Gasteiger partial charge in [-0.25, -0.2) is 0 Å². The van der Waals surface area contributed by atoms with Gasteiger partial charge in [0.1, 0.15) is 12.6 Å². The van der Waals surface area contributed by atoms with E-state index in [-0.39, 0.29) is 23.8 Å². The van der Waals surface area contributed by atoms with Crippen LogP contribution in [-0.2, 0) is 9.59 Å². The number of aromatic nitrogens is 1. The van der Waals surface area contributed by atoms with Crippen molar-refractivity contribution in [1.82, 2.24) is 10.3 Å². The molecule has 5 heteroatoms. The molecule has 2 amide bonds. The minimum Gasteiger partial charge on any atom is -0.342 e. The van der Waals surface area contributed by atoms with Crippen LogP contribution in [0, 0.1) is 12.3 Å². The van der Waals surface area contributed by atoms with Crippen molar-refractivity contribution in [2.75, 3.05) is 11.4 Å². The van der Waals surface area contributed by atoms with Gasteiger partial charge in [-0.15, -0.1) is 0 Å². The molecule has 0 bridgehead atoms. The molecule has 1 N–H and O–H groups in total. The van der Waals surface area contributed by atoms with Gasteiger partial charge >= 0.3 is 0 Å². The molecule has 1 aliphatic rings. The number of nitrogens with one attached hydrogen (secondary N) is 1. The van der Waals surface area contributed by atoms with E-state index in [0.717, 1.165) is 5.69 Å². The van der Waals surface area contributed by atoms with E-state index in [2.05, 4.69) is 10.3 Å². The van der Waals surface area contributed by atoms with Crippen LogP contribution in [0.25, 0.3) is 0 Å². The number of anilines is 1. The first-order chi connectivity index (χ1) is 8.79. The third kappa shape index (κ3) is 2.75. The van der Waals surface area contributed by atoms with Crippen LogP contribution >= 0.6 is 0 Å². The number of nitrogens with zero attached hydrogens (tertiary/aromatic N) is 2. The molecule has 1 unspecified atom stereocenters. The molecular weight excluding hydrogens is 242 g/mol. The smallest absolute Gasteiger partial charge is 0.250 e. The van der Waals surface area contributed by atoms with Crippen molar-refractivity contribution in [3.8, 4) is 0 Å². The SMILES string of the molecule is Cc1ccc(N2CC(=O)NC(C(C)(C)C)C2=O)cn1. The summed E-state index contributed by atoms with van der Waals surface area (Å²) in [4.78, 5) is 30.0. The van der Waals surface area contributed by atoms with Crippen molar-refractivity contribution in [2.45, 2.75) is 33.7 Å². The highest BCUT2D eigenvalue weighted by Gasteiger charge is 2.40. The molecule has 1 atom stereocenters. The molecule has 2 rings (SSSR count). The Kier molecular flexibility index (Phi) is 3.30. The van der Waals surface area contributed by atoms with Gasteiger partial charge in [0.15, 0.2) is 0 Å². The first-order valence-corrected chi connectivity index (χ1v) is 6.32. The van der Waals surface area contributed by atoms with Crippen LogP contribution in [0.1, 0.15) is 26.5 Å². The number of piperazine rings is 1. The highest BCUT2D eigenvalue weighted by Crippen LogP contribution is 2.26. The molecule has 2 heterocycles. The summed E-state index contributed by atoms with van der Waals surface area (Å²) in [5, 5.41) is 2.77. The number of hydrogen-bond donors (Lipinski definition) is 1. The molecule has 0 spiro atoms. The first-order valence-electron chi connectivity index (χ1n) is 6.32. The molecule has 1 aromatic heterocycles. The molecule has 1 saturated heterocycles. The lowest BCUT2D eigenvalue weighted by molar-refractivity contribution is -0.133. The van der Waals surface area contributed by atoms with Crippen molar-refractivity contribution >= 4 is 17.5 Å². The van der Waals surface area contributed by atoms with Crippen LogP contribution in [0.5, 0.6) is 0 Å². The number of carbonyl (C=O) groups excluding carboxylic acids is 2. The zero-order chi connectivity index (χ0) is 14.2. The van der Waals surface area contributed by atoms with Crippen LogP contribution in [0.4, 0.5) is 5.69 Å². The Balaban J connectivity index is 2.32. The molecule has 102 valence electrons. The fourth-order valence-corrected chi connectivity index (χ4v) is 2.07. The highest BCUT2D eigenvalue weighted by atomic mass is 16.2. The molecule has 1 aliphatic heterocycles. The minimum atomic E-state index is -0.505. The molecule has 0 radical (unpaired) electrons.